The molecule has 4 aliphatic rings. The first-order valence-corrected chi connectivity index (χ1v) is 47.2. The first-order valence-electron chi connectivity index (χ1n) is 33.0. The highest BCUT2D eigenvalue weighted by Gasteiger charge is 2.49. The summed E-state index contributed by atoms with van der Waals surface area (Å²) in [5.41, 5.74) is 4.46. The van der Waals surface area contributed by atoms with E-state index in [2.05, 4.69) is 90.9 Å². The van der Waals surface area contributed by atoms with E-state index >= 15 is 0 Å². The topological polar surface area (TPSA) is 432 Å². The Morgan fingerprint density at radius 1 is 0.535 bits per heavy atom. The lowest BCUT2D eigenvalue weighted by atomic mass is 10.00. The van der Waals surface area contributed by atoms with E-state index in [0.717, 1.165) is 29.4 Å². The smallest absolute Gasteiger partial charge is 0.340 e. The second-order valence-corrected chi connectivity index (χ2v) is 42.8. The number of nitrogens with one attached hydrogen (secondary N) is 3. The zero-order valence-electron chi connectivity index (χ0n) is 58.1. The summed E-state index contributed by atoms with van der Waals surface area (Å²) in [6, 6.07) is 20.9. The molecule has 51 heteroatoms. The van der Waals surface area contributed by atoms with Gasteiger partial charge in [-0.1, -0.05) is 142 Å². The summed E-state index contributed by atoms with van der Waals surface area (Å²) in [6.07, 6.45) is -7.38. The first kappa shape index (κ1) is 97.0. The van der Waals surface area contributed by atoms with Crippen LogP contribution in [0.2, 0.25) is 31.4 Å². The van der Waals surface area contributed by atoms with Crippen LogP contribution in [-0.4, -0.2) is 195 Å². The van der Waals surface area contributed by atoms with Crippen LogP contribution < -0.4 is 10.6 Å². The lowest BCUT2D eigenvalue weighted by Gasteiger charge is -2.18. The fourth-order valence-corrected chi connectivity index (χ4v) is 24.9. The molecule has 1 unspecified atom stereocenters. The van der Waals surface area contributed by atoms with E-state index in [4.69, 9.17) is 143 Å². The Balaban J connectivity index is 0.000000202. The van der Waals surface area contributed by atoms with Gasteiger partial charge in [0.05, 0.1) is 49.8 Å². The molecule has 32 nitrogen and oxygen atoms in total. The number of H-pyrrole nitrogens is 1. The van der Waals surface area contributed by atoms with Crippen LogP contribution in [-0.2, 0) is 54.8 Å². The molecule has 0 bridgehead atoms. The number of ether oxygens (including phenoxy) is 4. The van der Waals surface area contributed by atoms with E-state index in [-0.39, 0.29) is 92.8 Å². The van der Waals surface area contributed by atoms with Crippen molar-refractivity contribution in [3.63, 3.8) is 0 Å². The summed E-state index contributed by atoms with van der Waals surface area (Å²) in [4.78, 5) is 74.9. The van der Waals surface area contributed by atoms with E-state index in [1.54, 1.807) is 12.3 Å². The number of aliphatic hydroxyl groups excluding tert-OH is 3. The summed E-state index contributed by atoms with van der Waals surface area (Å²) in [6.45, 7) is 7.31. The number of aromatic amines is 1. The molecule has 2 aromatic carbocycles. The van der Waals surface area contributed by atoms with Gasteiger partial charge in [0.1, 0.15) is 57.8 Å². The molecule has 4 saturated heterocycles. The van der Waals surface area contributed by atoms with Gasteiger partial charge in [0, 0.05) is 31.1 Å². The second-order valence-electron chi connectivity index (χ2n) is 24.9. The lowest BCUT2D eigenvalue weighted by molar-refractivity contribution is -0.0459. The van der Waals surface area contributed by atoms with Crippen molar-refractivity contribution in [3.05, 3.63) is 134 Å². The number of anilines is 2. The molecule has 0 radical (unpaired) electrons. The molecule has 0 amide bonds. The highest BCUT2D eigenvalue weighted by Crippen LogP contribution is 2.72. The second kappa shape index (κ2) is 42.4. The van der Waals surface area contributed by atoms with Crippen LogP contribution in [0.15, 0.2) is 91.9 Å². The maximum atomic E-state index is 15.0. The van der Waals surface area contributed by atoms with Gasteiger partial charge in [0.2, 0.25) is 21.1 Å². The number of hydrogen-bond donors (Lipinski definition) is 9. The molecule has 628 valence electrons. The van der Waals surface area contributed by atoms with Crippen LogP contribution in [0.5, 0.6) is 0 Å². The van der Waals surface area contributed by atoms with Crippen LogP contribution in [0.1, 0.15) is 85.2 Å². The number of benzene rings is 2. The Labute approximate surface area is 706 Å². The molecular weight excluding hydrogens is 1870 g/mol. The normalized spacial score (nSPS) is 25.1. The molecule has 114 heavy (non-hydrogen) atoms. The molecule has 0 spiro atoms. The van der Waals surface area contributed by atoms with E-state index in [0.29, 0.717) is 46.4 Å². The molecule has 17 atom stereocenters. The number of rotatable bonds is 19. The Bertz CT molecular complexity index is 5010. The highest BCUT2D eigenvalue weighted by molar-refractivity contribution is 9.09. The fourth-order valence-electron chi connectivity index (χ4n) is 11.5. The van der Waals surface area contributed by atoms with Gasteiger partial charge in [-0.05, 0) is 121 Å². The average Bonchev–Trinajstić information content (AvgIpc) is 1.62. The van der Waals surface area contributed by atoms with Gasteiger partial charge in [0.15, 0.2) is 87.9 Å². The minimum Gasteiger partial charge on any atom is -0.394 e. The quantitative estimate of drug-likeness (QED) is 0.0119. The van der Waals surface area contributed by atoms with Crippen molar-refractivity contribution >= 4 is 214 Å². The van der Waals surface area contributed by atoms with Crippen LogP contribution in [0, 0.1) is 11.8 Å². The Morgan fingerprint density at radius 3 is 1.35 bits per heavy atom. The predicted molar refractivity (Wildman–Crippen MR) is 434 cm³/mol. The van der Waals surface area contributed by atoms with Gasteiger partial charge in [-0.25, -0.2) is 42.5 Å². The highest BCUT2D eigenvalue weighted by atomic mass is 79.9. The average molecular weight is 1950 g/mol. The fraction of sp³-hybridized carbons (Fsp3) is 0.476. The first-order chi connectivity index (χ1) is 52.7. The zero-order valence-corrected chi connectivity index (χ0v) is 70.9. The zero-order chi connectivity index (χ0) is 82.1. The predicted octanol–water partition coefficient (Wildman–Crippen LogP) is 17.4. The molecule has 4 fully saturated rings. The molecule has 4 aliphatic heterocycles. The van der Waals surface area contributed by atoms with Crippen molar-refractivity contribution in [2.45, 2.75) is 153 Å². The summed E-state index contributed by atoms with van der Waals surface area (Å²) < 4.78 is 131. The Hall–Kier alpha value is -4.11. The van der Waals surface area contributed by atoms with Crippen molar-refractivity contribution in [2.24, 2.45) is 11.8 Å². The lowest BCUT2D eigenvalue weighted by Crippen LogP contribution is -2.31. The van der Waals surface area contributed by atoms with E-state index in [1.807, 2.05) is 88.4 Å². The van der Waals surface area contributed by atoms with Gasteiger partial charge in [-0.15, -0.1) is 0 Å². The van der Waals surface area contributed by atoms with Gasteiger partial charge in [-0.3, -0.25) is 32.0 Å². The molecule has 12 heterocycles. The van der Waals surface area contributed by atoms with Crippen molar-refractivity contribution in [3.8, 4) is 0 Å². The summed E-state index contributed by atoms with van der Waals surface area (Å²) in [7, 11) is -9.57. The molecule has 9 N–H and O–H groups in total. The van der Waals surface area contributed by atoms with Gasteiger partial charge < -0.3 is 69.1 Å². The standard InChI is InChI=1S/C18H21ClFN5O8P2.C17H17ClFN5O3.C12H13Cl2FN4O.C7H12BrFO.C6H3Cl2N3.CH2Cl4O2P2.2CH4/c19-18-23-15(21-6-10-4-2-1-3-5-10)13-16(24-18)25(8-22-13)17-12(20)14(26)11(33-17)7-32-35(30,31)9-34(27,28)29;18-17-22-14(20-6-9-4-2-1-3-5-9)12-15(23-17)24(8-21-12)16-11(19)13(26)10(7-25)27-16;1-3-6-5(2)7(15)11(20-6)19-4-16-8-9(13)17-12(14)18-10(8)19;1-3-5-4(2)6(9)7(8)10-5;7-4-3-1-2-9-5(3)11-6(8)10-4;2-8(3,6)1-9(4,5)7;;/h1-5,8,11-12,14,17,26H,6-7,9H2,(H,30,31)(H,21,23,24)(H2,27,28,29);1-5,8,10-11,13,16,25-26H,6-7H2,(H,20,22,23);4-7,11H,3H2,1-2H3;4-7H,3H2,1-2H3;1-2H,(H,9,10,11);1H2;2*1H4/t11-,12+,14-,17-;10-,11+,13-,16-;5-,6-,7+,11-;4-,5-,6+,7+;;;;/m1111..../s1. The summed E-state index contributed by atoms with van der Waals surface area (Å²) >= 11 is 58.3. The van der Waals surface area contributed by atoms with Crippen molar-refractivity contribution in [1.29, 1.82) is 0 Å². The molecule has 14 rings (SSSR count). The van der Waals surface area contributed by atoms with Gasteiger partial charge in [-0.2, -0.15) is 29.9 Å². The molecule has 0 saturated carbocycles. The molecule has 0 aliphatic carbocycles. The largest absolute Gasteiger partial charge is 0.394 e. The van der Waals surface area contributed by atoms with Gasteiger partial charge >= 0.3 is 15.2 Å². The van der Waals surface area contributed by atoms with Crippen molar-refractivity contribution in [2.75, 3.05) is 35.7 Å². The van der Waals surface area contributed by atoms with E-state index in [1.165, 1.54) is 32.7 Å². The van der Waals surface area contributed by atoms with Crippen LogP contribution in [0.3, 0.4) is 0 Å². The number of aliphatic hydroxyl groups is 3. The van der Waals surface area contributed by atoms with Crippen molar-refractivity contribution in [1.82, 2.24) is 73.5 Å². The monoisotopic (exact) mass is 1940 g/mol. The molecule has 10 aromatic rings. The number of alkyl halides is 5. The van der Waals surface area contributed by atoms with Crippen LogP contribution in [0.4, 0.5) is 29.2 Å². The minimum atomic E-state index is -4.85. The molecule has 8 aromatic heterocycles. The van der Waals surface area contributed by atoms with Crippen molar-refractivity contribution < 1.29 is 89.3 Å². The summed E-state index contributed by atoms with van der Waals surface area (Å²) in [5, 5.41) is 36.5. The number of imidazole rings is 3. The maximum Gasteiger partial charge on any atom is 0.340 e. The third-order valence-corrected chi connectivity index (χ3v) is 28.8. The van der Waals surface area contributed by atoms with Crippen LogP contribution >= 0.6 is 157 Å². The Kier molecular flexibility index (Phi) is 36.1. The number of hydrogen-bond acceptors (Lipinski definition) is 25. The third kappa shape index (κ3) is 25.7. The van der Waals surface area contributed by atoms with Crippen LogP contribution in [0.25, 0.3) is 44.5 Å². The third-order valence-electron chi connectivity index (χ3n) is 16.9. The summed E-state index contributed by atoms with van der Waals surface area (Å²) in [5.74, 6) is -8.16. The molecular formula is C63H76BrCl10F4N17O15P4. The van der Waals surface area contributed by atoms with Gasteiger partial charge in [0.25, 0.3) is 11.7 Å². The maximum absolute atomic E-state index is 15.0. The Morgan fingerprint density at radius 2 is 0.939 bits per heavy atom. The number of halogens is 15. The number of nitrogens with zero attached hydrogens (tertiary/aromatic N) is 14. The van der Waals surface area contributed by atoms with E-state index in [9.17, 15) is 56.0 Å². The van der Waals surface area contributed by atoms with E-state index < -0.39 is 120 Å². The number of aromatic nitrogens is 15. The number of fused-ring (bicyclic) bond motifs is 4. The SMILES string of the molecule is C.C.CC[C@H]1O[C@@H](n2cnc3c(Cl)nc(Cl)nc32)[C@@H](F)[C@@H]1C.CC[C@H]1O[C@H](Br)[C@@H](F)[C@@H]1C.Clc1nc(Cl)c2cc[nH]c2n1.O=P(Cl)(Cl)CP(=O)(Cl)Cl.O=P(O)(O)CP(=O)(O)OC[C@H]1O[C@@H](n2cnc3c(NCc4ccccc4)nc(Cl)nc32)[C@@H](F)[C@@H]1O.OC[C@H]1O[C@@H](n2cnc3c(NCc4ccccc4)nc(Cl)nc32)[C@@H](F)[C@@H]1O. The minimum absolute atomic E-state index is 0.